The number of para-hydroxylation sites is 2. The Morgan fingerprint density at radius 3 is 2.38 bits per heavy atom. The normalized spacial score (nSPS) is 10.5. The molecule has 0 aliphatic heterocycles. The third-order valence-corrected chi connectivity index (χ3v) is 2.86. The first-order chi connectivity index (χ1) is 10.2. The monoisotopic (exact) mass is 284 g/mol. The summed E-state index contributed by atoms with van der Waals surface area (Å²) in [4.78, 5) is 10.4. The van der Waals surface area contributed by atoms with Gasteiger partial charge in [-0.3, -0.25) is 0 Å². The van der Waals surface area contributed by atoms with Gasteiger partial charge in [0.25, 0.3) is 0 Å². The van der Waals surface area contributed by atoms with Crippen molar-refractivity contribution >= 4 is 12.0 Å². The van der Waals surface area contributed by atoms with Crippen LogP contribution in [-0.4, -0.2) is 18.2 Å². The maximum Gasteiger partial charge on any atom is 0.328 e. The van der Waals surface area contributed by atoms with Crippen LogP contribution in [0.25, 0.3) is 6.08 Å². The second-order valence-corrected chi connectivity index (χ2v) is 4.35. The number of hydrogen-bond acceptors (Lipinski definition) is 3. The smallest absolute Gasteiger partial charge is 0.328 e. The molecule has 0 saturated carbocycles. The number of aliphatic carboxylic acids is 1. The van der Waals surface area contributed by atoms with Crippen LogP contribution in [0.3, 0.4) is 0 Å². The summed E-state index contributed by atoms with van der Waals surface area (Å²) in [5.74, 6) is 0.423. The molecular weight excluding hydrogens is 268 g/mol. The number of benzene rings is 2. The zero-order valence-corrected chi connectivity index (χ0v) is 11.7. The molecule has 0 aliphatic rings. The van der Waals surface area contributed by atoms with Gasteiger partial charge < -0.3 is 14.6 Å². The number of methoxy groups -OCH3 is 1. The zero-order valence-electron chi connectivity index (χ0n) is 11.7. The third-order valence-electron chi connectivity index (χ3n) is 2.86. The molecule has 0 atom stereocenters. The quantitative estimate of drug-likeness (QED) is 0.826. The molecule has 2 aromatic rings. The van der Waals surface area contributed by atoms with E-state index in [1.165, 1.54) is 0 Å². The minimum absolute atomic E-state index is 0.420. The first-order valence-electron chi connectivity index (χ1n) is 6.45. The van der Waals surface area contributed by atoms with Crippen LogP contribution in [-0.2, 0) is 11.4 Å². The zero-order chi connectivity index (χ0) is 15.1. The summed E-state index contributed by atoms with van der Waals surface area (Å²) in [6, 6.07) is 15.0. The summed E-state index contributed by atoms with van der Waals surface area (Å²) in [7, 11) is 1.60. The van der Waals surface area contributed by atoms with E-state index in [9.17, 15) is 4.79 Å². The largest absolute Gasteiger partial charge is 0.493 e. The lowest BCUT2D eigenvalue weighted by atomic mass is 10.1. The number of carbonyl (C=O) groups is 1. The van der Waals surface area contributed by atoms with Gasteiger partial charge >= 0.3 is 5.97 Å². The number of carboxylic acids is 1. The molecule has 0 heterocycles. The highest BCUT2D eigenvalue weighted by atomic mass is 16.5. The van der Waals surface area contributed by atoms with E-state index in [2.05, 4.69) is 0 Å². The summed E-state index contributed by atoms with van der Waals surface area (Å²) in [5.41, 5.74) is 1.83. The van der Waals surface area contributed by atoms with Gasteiger partial charge in [0.1, 0.15) is 6.61 Å². The molecule has 0 radical (unpaired) electrons. The maximum atomic E-state index is 10.4. The lowest BCUT2D eigenvalue weighted by molar-refractivity contribution is -0.131. The van der Waals surface area contributed by atoms with E-state index in [1.807, 2.05) is 48.5 Å². The lowest BCUT2D eigenvalue weighted by Crippen LogP contribution is -1.97. The fraction of sp³-hybridized carbons (Fsp3) is 0.118. The molecule has 1 N–H and O–H groups in total. The Labute approximate surface area is 123 Å². The van der Waals surface area contributed by atoms with Gasteiger partial charge in [-0.05, 0) is 29.3 Å². The Hall–Kier alpha value is -2.75. The van der Waals surface area contributed by atoms with Gasteiger partial charge in [0, 0.05) is 6.08 Å². The first kappa shape index (κ1) is 14.7. The van der Waals surface area contributed by atoms with Crippen molar-refractivity contribution in [3.05, 3.63) is 65.7 Å². The summed E-state index contributed by atoms with van der Waals surface area (Å²) < 4.78 is 10.9. The van der Waals surface area contributed by atoms with E-state index >= 15 is 0 Å². The van der Waals surface area contributed by atoms with E-state index in [4.69, 9.17) is 14.6 Å². The van der Waals surface area contributed by atoms with E-state index in [1.54, 1.807) is 13.2 Å². The highest BCUT2D eigenvalue weighted by molar-refractivity contribution is 5.85. The van der Waals surface area contributed by atoms with Crippen molar-refractivity contribution in [2.24, 2.45) is 0 Å². The van der Waals surface area contributed by atoms with Crippen molar-refractivity contribution in [2.75, 3.05) is 7.11 Å². The third kappa shape index (κ3) is 4.38. The average molecular weight is 284 g/mol. The van der Waals surface area contributed by atoms with Gasteiger partial charge in [0.05, 0.1) is 7.11 Å². The van der Waals surface area contributed by atoms with E-state index in [0.29, 0.717) is 18.1 Å². The minimum Gasteiger partial charge on any atom is -0.493 e. The van der Waals surface area contributed by atoms with Gasteiger partial charge in [-0.15, -0.1) is 0 Å². The van der Waals surface area contributed by atoms with Crippen molar-refractivity contribution in [3.63, 3.8) is 0 Å². The van der Waals surface area contributed by atoms with Crippen LogP contribution >= 0.6 is 0 Å². The predicted octanol–water partition coefficient (Wildman–Crippen LogP) is 3.37. The van der Waals surface area contributed by atoms with Crippen molar-refractivity contribution in [1.82, 2.24) is 0 Å². The van der Waals surface area contributed by atoms with E-state index < -0.39 is 5.97 Å². The summed E-state index contributed by atoms with van der Waals surface area (Å²) in [6.45, 7) is 0.420. The number of rotatable bonds is 6. The van der Waals surface area contributed by atoms with Crippen LogP contribution in [0, 0.1) is 0 Å². The second kappa shape index (κ2) is 7.14. The molecule has 4 nitrogen and oxygen atoms in total. The Bertz CT molecular complexity index is 629. The molecule has 21 heavy (non-hydrogen) atoms. The Morgan fingerprint density at radius 1 is 1.10 bits per heavy atom. The van der Waals surface area contributed by atoms with Crippen molar-refractivity contribution < 1.29 is 19.4 Å². The average Bonchev–Trinajstić information content (AvgIpc) is 2.52. The highest BCUT2D eigenvalue weighted by Gasteiger charge is 2.02. The van der Waals surface area contributed by atoms with Crippen LogP contribution in [0.1, 0.15) is 11.1 Å². The topological polar surface area (TPSA) is 55.8 Å². The van der Waals surface area contributed by atoms with Crippen LogP contribution in [0.5, 0.6) is 11.5 Å². The van der Waals surface area contributed by atoms with Crippen molar-refractivity contribution in [1.29, 1.82) is 0 Å². The fourth-order valence-corrected chi connectivity index (χ4v) is 1.79. The lowest BCUT2D eigenvalue weighted by Gasteiger charge is -2.10. The number of ether oxygens (including phenoxy) is 2. The molecule has 0 bridgehead atoms. The molecule has 0 amide bonds. The van der Waals surface area contributed by atoms with E-state index in [-0.39, 0.29) is 0 Å². The molecule has 2 aromatic carbocycles. The molecule has 0 spiro atoms. The molecule has 0 aromatic heterocycles. The minimum atomic E-state index is -0.960. The SMILES string of the molecule is COc1ccccc1OCc1ccc(C=CC(=O)O)cc1. The molecule has 0 unspecified atom stereocenters. The van der Waals surface area contributed by atoms with Gasteiger partial charge in [-0.2, -0.15) is 0 Å². The highest BCUT2D eigenvalue weighted by Crippen LogP contribution is 2.26. The molecule has 108 valence electrons. The molecule has 2 rings (SSSR count). The first-order valence-corrected chi connectivity index (χ1v) is 6.45. The maximum absolute atomic E-state index is 10.4. The van der Waals surface area contributed by atoms with Crippen LogP contribution < -0.4 is 9.47 Å². The molecule has 0 fully saturated rings. The van der Waals surface area contributed by atoms with Gasteiger partial charge in [0.2, 0.25) is 0 Å². The van der Waals surface area contributed by atoms with Crippen molar-refractivity contribution in [2.45, 2.75) is 6.61 Å². The summed E-state index contributed by atoms with van der Waals surface area (Å²) in [6.07, 6.45) is 2.66. The molecule has 4 heteroatoms. The second-order valence-electron chi connectivity index (χ2n) is 4.35. The summed E-state index contributed by atoms with van der Waals surface area (Å²) >= 11 is 0. The number of carboxylic acid groups (broad SMARTS) is 1. The Morgan fingerprint density at radius 2 is 1.76 bits per heavy atom. The standard InChI is InChI=1S/C17H16O4/c1-20-15-4-2-3-5-16(15)21-12-14-8-6-13(7-9-14)10-11-17(18)19/h2-11H,12H2,1H3,(H,18,19). The number of hydrogen-bond donors (Lipinski definition) is 1. The predicted molar refractivity (Wildman–Crippen MR) is 80.4 cm³/mol. The van der Waals surface area contributed by atoms with Crippen LogP contribution in [0.2, 0.25) is 0 Å². The van der Waals surface area contributed by atoms with Crippen LogP contribution in [0.15, 0.2) is 54.6 Å². The molecule has 0 aliphatic carbocycles. The van der Waals surface area contributed by atoms with E-state index in [0.717, 1.165) is 17.2 Å². The fourth-order valence-electron chi connectivity index (χ4n) is 1.79. The molecule has 0 saturated heterocycles. The van der Waals surface area contributed by atoms with Crippen molar-refractivity contribution in [3.8, 4) is 11.5 Å². The van der Waals surface area contributed by atoms with Crippen LogP contribution in [0.4, 0.5) is 0 Å². The van der Waals surface area contributed by atoms with Gasteiger partial charge in [-0.25, -0.2) is 4.79 Å². The summed E-state index contributed by atoms with van der Waals surface area (Å²) in [5, 5.41) is 8.57. The van der Waals surface area contributed by atoms with Gasteiger partial charge in [0.15, 0.2) is 11.5 Å². The Kier molecular flexibility index (Phi) is 4.99. The Balaban J connectivity index is 1.99. The molecular formula is C17H16O4. The van der Waals surface area contributed by atoms with Gasteiger partial charge in [-0.1, -0.05) is 36.4 Å².